The molecule has 3 saturated heterocycles. The molecule has 4 aliphatic rings. The Morgan fingerprint density at radius 2 is 1.86 bits per heavy atom. The number of alkyl halides is 2. The third kappa shape index (κ3) is 8.25. The smallest absolute Gasteiger partial charge is 0.236 e. The Balaban J connectivity index is 1.44. The standard InChI is InChI=1S/C30H54F2N8O2/c1-3-5-8-30(4-2)9-7-21(31)17-36-23(16-30)26(28(33)34)29(42)37-24-19-35-18-22(32)27(24)40-14-12-38(13-15-40)20-25(41)39-10-6-11-39/h17,21-24,26-28,35H,3-16,18-20,33-34H2,1-2H3,(H,37,42)/b36-17-. The molecule has 7 atom stereocenters. The van der Waals surface area contributed by atoms with Crippen LogP contribution in [0.4, 0.5) is 8.78 Å². The molecule has 2 amide bonds. The number of hydrogen-bond acceptors (Lipinski definition) is 8. The van der Waals surface area contributed by atoms with Crippen LogP contribution in [0.25, 0.3) is 0 Å². The van der Waals surface area contributed by atoms with Crippen molar-refractivity contribution in [2.24, 2.45) is 27.8 Å². The van der Waals surface area contributed by atoms with Crippen molar-refractivity contribution in [3.05, 3.63) is 0 Å². The Bertz CT molecular complexity index is 914. The second-order valence-electron chi connectivity index (χ2n) is 13.0. The van der Waals surface area contributed by atoms with Crippen molar-refractivity contribution in [1.82, 2.24) is 25.3 Å². The van der Waals surface area contributed by atoms with Gasteiger partial charge >= 0.3 is 0 Å². The van der Waals surface area contributed by atoms with Crippen LogP contribution in [0.3, 0.4) is 0 Å². The summed E-state index contributed by atoms with van der Waals surface area (Å²) in [5, 5.41) is 6.22. The van der Waals surface area contributed by atoms with E-state index < -0.39 is 42.6 Å². The number of rotatable bonds is 11. The van der Waals surface area contributed by atoms with Gasteiger partial charge in [-0.1, -0.05) is 33.1 Å². The molecule has 10 nitrogen and oxygen atoms in total. The number of nitrogens with two attached hydrogens (primary N) is 2. The highest BCUT2D eigenvalue weighted by molar-refractivity contribution is 5.81. The van der Waals surface area contributed by atoms with E-state index in [0.29, 0.717) is 52.1 Å². The molecule has 0 saturated carbocycles. The summed E-state index contributed by atoms with van der Waals surface area (Å²) in [5.74, 6) is -1.05. The molecule has 4 rings (SSSR count). The highest BCUT2D eigenvalue weighted by Crippen LogP contribution is 2.42. The third-order valence-corrected chi connectivity index (χ3v) is 10.2. The predicted octanol–water partition coefficient (Wildman–Crippen LogP) is 1.04. The van der Waals surface area contributed by atoms with Crippen molar-refractivity contribution in [1.29, 1.82) is 0 Å². The van der Waals surface area contributed by atoms with Gasteiger partial charge in [0.15, 0.2) is 0 Å². The highest BCUT2D eigenvalue weighted by atomic mass is 19.1. The number of halogens is 2. The van der Waals surface area contributed by atoms with E-state index >= 15 is 4.39 Å². The fourth-order valence-electron chi connectivity index (χ4n) is 7.27. The van der Waals surface area contributed by atoms with Gasteiger partial charge in [0.05, 0.1) is 36.8 Å². The lowest BCUT2D eigenvalue weighted by molar-refractivity contribution is -0.136. The van der Waals surface area contributed by atoms with Crippen molar-refractivity contribution >= 4 is 18.0 Å². The Morgan fingerprint density at radius 1 is 1.12 bits per heavy atom. The molecule has 4 aliphatic heterocycles. The first-order chi connectivity index (χ1) is 20.2. The van der Waals surface area contributed by atoms with Crippen LogP contribution in [0.15, 0.2) is 4.99 Å². The van der Waals surface area contributed by atoms with Gasteiger partial charge in [-0.05, 0) is 37.5 Å². The number of piperidine rings is 1. The first kappa shape index (κ1) is 33.2. The van der Waals surface area contributed by atoms with Crippen molar-refractivity contribution in [2.45, 2.75) is 102 Å². The van der Waals surface area contributed by atoms with Crippen LogP contribution >= 0.6 is 0 Å². The summed E-state index contributed by atoms with van der Waals surface area (Å²) >= 11 is 0. The van der Waals surface area contributed by atoms with Gasteiger partial charge in [0.25, 0.3) is 0 Å². The molecule has 4 heterocycles. The number of carbonyl (C=O) groups excluding carboxylic acids is 2. The average molecular weight is 597 g/mol. The molecule has 0 spiro atoms. The van der Waals surface area contributed by atoms with Gasteiger partial charge in [-0.25, -0.2) is 8.78 Å². The number of carbonyl (C=O) groups is 2. The lowest BCUT2D eigenvalue weighted by Crippen LogP contribution is -2.68. The number of nitrogens with one attached hydrogen (secondary N) is 2. The zero-order valence-corrected chi connectivity index (χ0v) is 25.7. The molecule has 0 aliphatic carbocycles. The zero-order valence-electron chi connectivity index (χ0n) is 25.7. The Labute approximate surface area is 250 Å². The van der Waals surface area contributed by atoms with Crippen LogP contribution in [0.5, 0.6) is 0 Å². The van der Waals surface area contributed by atoms with Gasteiger partial charge in [0.1, 0.15) is 12.3 Å². The number of hydrogen-bond donors (Lipinski definition) is 4. The first-order valence-corrected chi connectivity index (χ1v) is 16.2. The van der Waals surface area contributed by atoms with Gasteiger partial charge in [-0.15, -0.1) is 0 Å². The van der Waals surface area contributed by atoms with Crippen molar-refractivity contribution in [3.8, 4) is 0 Å². The third-order valence-electron chi connectivity index (χ3n) is 10.2. The minimum atomic E-state index is -1.17. The van der Waals surface area contributed by atoms with Crippen LogP contribution in [-0.4, -0.2) is 128 Å². The fraction of sp³-hybridized carbons (Fsp3) is 0.900. The van der Waals surface area contributed by atoms with Crippen molar-refractivity contribution in [3.63, 3.8) is 0 Å². The lowest BCUT2D eigenvalue weighted by Gasteiger charge is -2.46. The van der Waals surface area contributed by atoms with Gasteiger partial charge < -0.3 is 27.0 Å². The molecule has 6 N–H and O–H groups in total. The molecule has 0 radical (unpaired) electrons. The van der Waals surface area contributed by atoms with Gasteiger partial charge in [-0.2, -0.15) is 0 Å². The molecule has 42 heavy (non-hydrogen) atoms. The Hall–Kier alpha value is -1.73. The molecule has 0 aromatic heterocycles. The summed E-state index contributed by atoms with van der Waals surface area (Å²) < 4.78 is 30.2. The topological polar surface area (TPSA) is 132 Å². The molecule has 0 aromatic rings. The molecule has 7 unspecified atom stereocenters. The molecule has 240 valence electrons. The number of piperazine rings is 1. The van der Waals surface area contributed by atoms with E-state index in [4.69, 9.17) is 11.5 Å². The lowest BCUT2D eigenvalue weighted by atomic mass is 9.69. The van der Waals surface area contributed by atoms with Crippen LogP contribution in [0.1, 0.15) is 65.2 Å². The second-order valence-corrected chi connectivity index (χ2v) is 13.0. The monoisotopic (exact) mass is 596 g/mol. The minimum Gasteiger partial charge on any atom is -0.350 e. The zero-order chi connectivity index (χ0) is 30.3. The molecule has 0 aromatic carbocycles. The van der Waals surface area contributed by atoms with Crippen LogP contribution < -0.4 is 22.1 Å². The van der Waals surface area contributed by atoms with Gasteiger partial charge in [0, 0.05) is 58.6 Å². The molecule has 3 fully saturated rings. The molecule has 12 heteroatoms. The summed E-state index contributed by atoms with van der Waals surface area (Å²) in [6.45, 7) is 9.56. The number of unbranched alkanes of at least 4 members (excludes halogenated alkanes) is 1. The van der Waals surface area contributed by atoms with E-state index in [0.717, 1.165) is 51.6 Å². The summed E-state index contributed by atoms with van der Waals surface area (Å²) in [6, 6.07) is -1.54. The minimum absolute atomic E-state index is 0.133. The first-order valence-electron chi connectivity index (χ1n) is 16.2. The number of aliphatic imine (C=N–C) groups is 1. The predicted molar refractivity (Wildman–Crippen MR) is 162 cm³/mol. The summed E-state index contributed by atoms with van der Waals surface area (Å²) in [4.78, 5) is 37.0. The fourth-order valence-corrected chi connectivity index (χ4v) is 7.27. The van der Waals surface area contributed by atoms with E-state index in [1.165, 1.54) is 6.21 Å². The highest BCUT2D eigenvalue weighted by Gasteiger charge is 2.44. The average Bonchev–Trinajstić information content (AvgIpc) is 2.92. The quantitative estimate of drug-likeness (QED) is 0.262. The van der Waals surface area contributed by atoms with E-state index in [2.05, 4.69) is 39.3 Å². The van der Waals surface area contributed by atoms with E-state index in [-0.39, 0.29) is 23.8 Å². The van der Waals surface area contributed by atoms with Crippen LogP contribution in [0, 0.1) is 11.3 Å². The van der Waals surface area contributed by atoms with Gasteiger partial charge in [0.2, 0.25) is 11.8 Å². The SMILES string of the molecule is CCCCC1(CC)CCC(F)/C=N\C(C(C(=O)NC2CNCC(F)C2N2CCN(CC(=O)N3CCC3)CC2)C(N)N)C1. The maximum absolute atomic E-state index is 15.5. The van der Waals surface area contributed by atoms with E-state index in [1.54, 1.807) is 0 Å². The van der Waals surface area contributed by atoms with Crippen molar-refractivity contribution in [2.75, 3.05) is 58.9 Å². The van der Waals surface area contributed by atoms with Crippen LogP contribution in [0.2, 0.25) is 0 Å². The van der Waals surface area contributed by atoms with Crippen LogP contribution in [-0.2, 0) is 9.59 Å². The molecular weight excluding hydrogens is 542 g/mol. The van der Waals surface area contributed by atoms with Gasteiger partial charge in [-0.3, -0.25) is 24.4 Å². The van der Waals surface area contributed by atoms with E-state index in [1.807, 2.05) is 4.90 Å². The number of amides is 2. The van der Waals surface area contributed by atoms with Crippen molar-refractivity contribution < 1.29 is 18.4 Å². The molecule has 0 bridgehead atoms. The maximum atomic E-state index is 15.5. The summed E-state index contributed by atoms with van der Waals surface area (Å²) in [7, 11) is 0. The van der Waals surface area contributed by atoms with E-state index in [9.17, 15) is 14.0 Å². The largest absolute Gasteiger partial charge is 0.350 e. The normalized spacial score (nSPS) is 34.7. The molecular formula is C30H54F2N8O2. The second kappa shape index (κ2) is 15.3. The Kier molecular flexibility index (Phi) is 12.1. The summed E-state index contributed by atoms with van der Waals surface area (Å²) in [6.07, 6.45) is 4.71. The number of likely N-dealkylation sites (tertiary alicyclic amines) is 1. The maximum Gasteiger partial charge on any atom is 0.236 e. The summed E-state index contributed by atoms with van der Waals surface area (Å²) in [5.41, 5.74) is 12.3. The number of nitrogens with zero attached hydrogens (tertiary/aromatic N) is 4. The Morgan fingerprint density at radius 3 is 2.48 bits per heavy atom.